The first-order valence-electron chi connectivity index (χ1n) is 7.29. The van der Waals surface area contributed by atoms with Gasteiger partial charge in [0.15, 0.2) is 0 Å². The molecule has 114 valence electrons. The van der Waals surface area contributed by atoms with Crippen molar-refractivity contribution in [2.24, 2.45) is 0 Å². The van der Waals surface area contributed by atoms with E-state index >= 15 is 0 Å². The van der Waals surface area contributed by atoms with E-state index in [0.29, 0.717) is 17.9 Å². The third kappa shape index (κ3) is 3.45. The van der Waals surface area contributed by atoms with E-state index in [0.717, 1.165) is 19.5 Å². The van der Waals surface area contributed by atoms with Crippen LogP contribution in [-0.2, 0) is 13.0 Å². The van der Waals surface area contributed by atoms with Crippen LogP contribution in [0.15, 0.2) is 30.5 Å². The summed E-state index contributed by atoms with van der Waals surface area (Å²) in [5, 5.41) is 25.9. The van der Waals surface area contributed by atoms with Gasteiger partial charge >= 0.3 is 0 Å². The fourth-order valence-corrected chi connectivity index (χ4v) is 2.61. The molecule has 6 nitrogen and oxygen atoms in total. The van der Waals surface area contributed by atoms with Crippen molar-refractivity contribution in [2.75, 3.05) is 19.7 Å². The van der Waals surface area contributed by atoms with Crippen LogP contribution in [0.3, 0.4) is 0 Å². The van der Waals surface area contributed by atoms with Crippen LogP contribution in [0.1, 0.15) is 16.8 Å². The number of ether oxygens (including phenoxy) is 1. The van der Waals surface area contributed by atoms with Crippen molar-refractivity contribution in [2.45, 2.75) is 19.1 Å². The van der Waals surface area contributed by atoms with E-state index in [2.05, 4.69) is 21.2 Å². The molecule has 1 unspecified atom stereocenters. The van der Waals surface area contributed by atoms with Crippen molar-refractivity contribution in [3.63, 3.8) is 0 Å². The smallest absolute Gasteiger partial charge is 0.119 e. The average Bonchev–Trinajstić information content (AvgIpc) is 3.01. The Morgan fingerprint density at radius 3 is 3.00 bits per heavy atom. The molecule has 6 heteroatoms. The van der Waals surface area contributed by atoms with Gasteiger partial charge in [-0.25, -0.2) is 0 Å². The summed E-state index contributed by atoms with van der Waals surface area (Å²) in [7, 11) is 0. The molecule has 1 aliphatic rings. The maximum absolute atomic E-state index is 10.1. The Hall–Kier alpha value is -2.36. The first-order valence-corrected chi connectivity index (χ1v) is 7.29. The number of rotatable bonds is 5. The van der Waals surface area contributed by atoms with Crippen molar-refractivity contribution in [1.29, 1.82) is 5.26 Å². The Morgan fingerprint density at radius 1 is 1.41 bits per heavy atom. The lowest BCUT2D eigenvalue weighted by molar-refractivity contribution is 0.0637. The normalized spacial score (nSPS) is 15.8. The minimum Gasteiger partial charge on any atom is -0.491 e. The van der Waals surface area contributed by atoms with Gasteiger partial charge in [0, 0.05) is 37.3 Å². The summed E-state index contributed by atoms with van der Waals surface area (Å²) in [4.78, 5) is 2.20. The zero-order valence-corrected chi connectivity index (χ0v) is 12.2. The van der Waals surface area contributed by atoms with Crippen molar-refractivity contribution in [1.82, 2.24) is 15.1 Å². The molecule has 0 amide bonds. The molecule has 1 atom stereocenters. The van der Waals surface area contributed by atoms with Gasteiger partial charge in [-0.3, -0.25) is 10.00 Å². The molecule has 0 radical (unpaired) electrons. The molecule has 0 bridgehead atoms. The second kappa shape index (κ2) is 6.60. The molecule has 1 aliphatic heterocycles. The predicted octanol–water partition coefficient (Wildman–Crippen LogP) is 1.08. The minimum absolute atomic E-state index is 0.237. The maximum atomic E-state index is 10.1. The molecule has 2 N–H and O–H groups in total. The number of nitrogens with zero attached hydrogens (tertiary/aromatic N) is 3. The first kappa shape index (κ1) is 14.6. The van der Waals surface area contributed by atoms with Crippen LogP contribution in [-0.4, -0.2) is 46.0 Å². The van der Waals surface area contributed by atoms with Gasteiger partial charge in [-0.05, 0) is 24.3 Å². The van der Waals surface area contributed by atoms with E-state index in [4.69, 9.17) is 10.00 Å². The fourth-order valence-electron chi connectivity index (χ4n) is 2.61. The van der Waals surface area contributed by atoms with E-state index in [-0.39, 0.29) is 6.61 Å². The topological polar surface area (TPSA) is 85.2 Å². The lowest BCUT2D eigenvalue weighted by Gasteiger charge is -2.28. The van der Waals surface area contributed by atoms with E-state index in [1.807, 2.05) is 6.20 Å². The van der Waals surface area contributed by atoms with Crippen molar-refractivity contribution in [3.05, 3.63) is 47.3 Å². The molecule has 3 rings (SSSR count). The Bertz CT molecular complexity index is 660. The molecule has 2 aromatic rings. The molecular formula is C16H18N4O2. The zero-order valence-electron chi connectivity index (χ0n) is 12.2. The molecule has 0 saturated carbocycles. The number of aromatic amines is 1. The largest absolute Gasteiger partial charge is 0.491 e. The number of fused-ring (bicyclic) bond motifs is 1. The van der Waals surface area contributed by atoms with Gasteiger partial charge in [-0.2, -0.15) is 10.4 Å². The van der Waals surface area contributed by atoms with Gasteiger partial charge < -0.3 is 9.84 Å². The van der Waals surface area contributed by atoms with E-state index in [9.17, 15) is 5.11 Å². The zero-order chi connectivity index (χ0) is 15.4. The number of β-amino-alcohol motifs (C(OH)–C–C–N with tert-alkyl or cyclic N) is 1. The molecule has 1 aromatic heterocycles. The highest BCUT2D eigenvalue weighted by atomic mass is 16.5. The second-order valence-electron chi connectivity index (χ2n) is 5.46. The fraction of sp³-hybridized carbons (Fsp3) is 0.375. The van der Waals surface area contributed by atoms with Crippen LogP contribution in [0.5, 0.6) is 5.75 Å². The summed E-state index contributed by atoms with van der Waals surface area (Å²) < 4.78 is 5.56. The van der Waals surface area contributed by atoms with Crippen LogP contribution in [0, 0.1) is 11.3 Å². The van der Waals surface area contributed by atoms with Gasteiger partial charge in [0.2, 0.25) is 0 Å². The molecule has 1 aromatic carbocycles. The predicted molar refractivity (Wildman–Crippen MR) is 80.2 cm³/mol. The highest BCUT2D eigenvalue weighted by Gasteiger charge is 2.20. The molecular weight excluding hydrogens is 280 g/mol. The van der Waals surface area contributed by atoms with E-state index in [1.165, 1.54) is 11.3 Å². The van der Waals surface area contributed by atoms with Crippen LogP contribution >= 0.6 is 0 Å². The number of H-pyrrole nitrogens is 1. The lowest BCUT2D eigenvalue weighted by Crippen LogP contribution is -2.38. The summed E-state index contributed by atoms with van der Waals surface area (Å²) >= 11 is 0. The number of nitrogens with one attached hydrogen (secondary N) is 1. The summed E-state index contributed by atoms with van der Waals surface area (Å²) in [6.45, 7) is 2.52. The van der Waals surface area contributed by atoms with E-state index in [1.54, 1.807) is 24.3 Å². The number of benzene rings is 1. The van der Waals surface area contributed by atoms with Gasteiger partial charge in [-0.15, -0.1) is 0 Å². The molecule has 0 fully saturated rings. The molecule has 2 heterocycles. The minimum atomic E-state index is -0.552. The number of hydrogen-bond donors (Lipinski definition) is 2. The Balaban J connectivity index is 1.46. The van der Waals surface area contributed by atoms with Gasteiger partial charge in [0.1, 0.15) is 18.5 Å². The molecule has 0 aliphatic carbocycles. The number of nitriles is 1. The van der Waals surface area contributed by atoms with Gasteiger partial charge in [-0.1, -0.05) is 0 Å². The third-order valence-electron chi connectivity index (χ3n) is 3.77. The van der Waals surface area contributed by atoms with Crippen LogP contribution in [0.25, 0.3) is 0 Å². The summed E-state index contributed by atoms with van der Waals surface area (Å²) in [6.07, 6.45) is 2.23. The highest BCUT2D eigenvalue weighted by Crippen LogP contribution is 2.16. The molecule has 0 saturated heterocycles. The Morgan fingerprint density at radius 2 is 2.23 bits per heavy atom. The molecule has 22 heavy (non-hydrogen) atoms. The van der Waals surface area contributed by atoms with Gasteiger partial charge in [0.05, 0.1) is 17.8 Å². The van der Waals surface area contributed by atoms with Crippen molar-refractivity contribution in [3.8, 4) is 11.8 Å². The molecule has 0 spiro atoms. The number of aliphatic hydroxyl groups excluding tert-OH is 1. The first-order chi connectivity index (χ1) is 10.7. The summed E-state index contributed by atoms with van der Waals surface area (Å²) in [5.41, 5.74) is 2.99. The van der Waals surface area contributed by atoms with Crippen molar-refractivity contribution >= 4 is 0 Å². The standard InChI is InChI=1S/C16H18N4O2/c17-7-12-1-3-15(4-2-12)22-11-14(21)10-20-6-5-16-13(9-20)8-18-19-16/h1-4,8,14,21H,5-6,9-11H2,(H,18,19). The monoisotopic (exact) mass is 298 g/mol. The maximum Gasteiger partial charge on any atom is 0.119 e. The van der Waals surface area contributed by atoms with Crippen LogP contribution in [0.2, 0.25) is 0 Å². The number of hydrogen-bond acceptors (Lipinski definition) is 5. The van der Waals surface area contributed by atoms with Gasteiger partial charge in [0.25, 0.3) is 0 Å². The third-order valence-corrected chi connectivity index (χ3v) is 3.77. The number of aliphatic hydroxyl groups is 1. The summed E-state index contributed by atoms with van der Waals surface area (Å²) in [6, 6.07) is 8.94. The highest BCUT2D eigenvalue weighted by molar-refractivity contribution is 5.34. The average molecular weight is 298 g/mol. The Kier molecular flexibility index (Phi) is 4.37. The van der Waals surface area contributed by atoms with Crippen LogP contribution in [0.4, 0.5) is 0 Å². The van der Waals surface area contributed by atoms with Crippen LogP contribution < -0.4 is 4.74 Å². The van der Waals surface area contributed by atoms with Crippen molar-refractivity contribution < 1.29 is 9.84 Å². The number of aromatic nitrogens is 2. The van der Waals surface area contributed by atoms with E-state index < -0.39 is 6.10 Å². The summed E-state index contributed by atoms with van der Waals surface area (Å²) in [5.74, 6) is 0.661. The second-order valence-corrected chi connectivity index (χ2v) is 5.46. The Labute approximate surface area is 128 Å². The quantitative estimate of drug-likeness (QED) is 0.863. The lowest BCUT2D eigenvalue weighted by atomic mass is 10.1. The SMILES string of the molecule is N#Cc1ccc(OCC(O)CN2CCc3[nH]ncc3C2)cc1.